The Balaban J connectivity index is 1.81. The molecule has 3 rings (SSSR count). The molecular formula is C16H19NO3S3. The van der Waals surface area contributed by atoms with E-state index in [2.05, 4.69) is 17.5 Å². The summed E-state index contributed by atoms with van der Waals surface area (Å²) >= 11 is 3.58. The van der Waals surface area contributed by atoms with E-state index in [0.717, 1.165) is 12.2 Å². The topological polar surface area (TPSA) is 46.6 Å². The van der Waals surface area contributed by atoms with Crippen molar-refractivity contribution < 1.29 is 13.2 Å². The average Bonchev–Trinajstić information content (AvgIpc) is 2.98. The minimum absolute atomic E-state index is 0.252. The highest BCUT2D eigenvalue weighted by molar-refractivity contribution is 7.99. The normalized spacial score (nSPS) is 20.1. The lowest BCUT2D eigenvalue weighted by Gasteiger charge is -2.21. The highest BCUT2D eigenvalue weighted by Crippen LogP contribution is 2.38. The average molecular weight is 370 g/mol. The van der Waals surface area contributed by atoms with Crippen LogP contribution in [0.3, 0.4) is 0 Å². The zero-order chi connectivity index (χ0) is 16.3. The van der Waals surface area contributed by atoms with Crippen LogP contribution in [-0.4, -0.2) is 38.7 Å². The van der Waals surface area contributed by atoms with Crippen LogP contribution in [0.5, 0.6) is 5.75 Å². The van der Waals surface area contributed by atoms with Gasteiger partial charge in [-0.25, -0.2) is 8.42 Å². The molecule has 0 amide bonds. The van der Waals surface area contributed by atoms with Crippen LogP contribution >= 0.6 is 23.1 Å². The largest absolute Gasteiger partial charge is 0.495 e. The molecule has 1 aromatic heterocycles. The Labute approximate surface area is 145 Å². The summed E-state index contributed by atoms with van der Waals surface area (Å²) in [5.74, 6) is 1.20. The molecule has 1 aromatic carbocycles. The SMILES string of the molecule is COc1ccccc1S(=O)(=O)N1CCSC(c2cccs2)CC1. The first-order valence-corrected chi connectivity index (χ1v) is 10.8. The third kappa shape index (κ3) is 3.57. The Bertz CT molecular complexity index is 744. The molecular weight excluding hydrogens is 350 g/mol. The standard InChI is InChI=1S/C16H19NO3S3/c1-20-13-5-2-3-7-16(13)23(18,19)17-9-8-15(22-12-10-17)14-6-4-11-21-14/h2-7,11,15H,8-10,12H2,1H3. The number of benzene rings is 1. The van der Waals surface area contributed by atoms with Crippen LogP contribution in [0.15, 0.2) is 46.7 Å². The Morgan fingerprint density at radius 1 is 1.17 bits per heavy atom. The van der Waals surface area contributed by atoms with E-state index < -0.39 is 10.0 Å². The quantitative estimate of drug-likeness (QED) is 0.826. The number of methoxy groups -OCH3 is 1. The summed E-state index contributed by atoms with van der Waals surface area (Å²) in [7, 11) is -2.02. The first kappa shape index (κ1) is 16.8. The maximum absolute atomic E-state index is 13.0. The Morgan fingerprint density at radius 2 is 2.00 bits per heavy atom. The summed E-state index contributed by atoms with van der Waals surface area (Å²) in [5, 5.41) is 2.46. The minimum atomic E-state index is -3.52. The van der Waals surface area contributed by atoms with E-state index in [4.69, 9.17) is 4.74 Å². The highest BCUT2D eigenvalue weighted by Gasteiger charge is 2.30. The predicted molar refractivity (Wildman–Crippen MR) is 95.9 cm³/mol. The summed E-state index contributed by atoms with van der Waals surface area (Å²) in [6.07, 6.45) is 0.833. The van der Waals surface area contributed by atoms with Gasteiger partial charge in [-0.15, -0.1) is 11.3 Å². The van der Waals surface area contributed by atoms with Gasteiger partial charge in [-0.05, 0) is 30.0 Å². The van der Waals surface area contributed by atoms with Crippen molar-refractivity contribution in [3.8, 4) is 5.75 Å². The van der Waals surface area contributed by atoms with Crippen molar-refractivity contribution in [1.29, 1.82) is 0 Å². The van der Waals surface area contributed by atoms with Crippen LogP contribution in [-0.2, 0) is 10.0 Å². The van der Waals surface area contributed by atoms with E-state index in [1.165, 1.54) is 12.0 Å². The molecule has 1 saturated heterocycles. The Morgan fingerprint density at radius 3 is 2.74 bits per heavy atom. The van der Waals surface area contributed by atoms with Gasteiger partial charge in [0.2, 0.25) is 10.0 Å². The molecule has 2 aromatic rings. The monoisotopic (exact) mass is 369 g/mol. The molecule has 0 bridgehead atoms. The fourth-order valence-electron chi connectivity index (χ4n) is 2.66. The van der Waals surface area contributed by atoms with E-state index in [0.29, 0.717) is 24.1 Å². The molecule has 124 valence electrons. The second-order valence-electron chi connectivity index (χ2n) is 5.22. The van der Waals surface area contributed by atoms with Gasteiger partial charge >= 0.3 is 0 Å². The number of rotatable bonds is 4. The third-order valence-corrected chi connectivity index (χ3v) is 8.23. The number of nitrogens with zero attached hydrogens (tertiary/aromatic N) is 1. The van der Waals surface area contributed by atoms with Crippen LogP contribution in [0.2, 0.25) is 0 Å². The molecule has 7 heteroatoms. The molecule has 23 heavy (non-hydrogen) atoms. The van der Waals surface area contributed by atoms with E-state index in [9.17, 15) is 8.42 Å². The van der Waals surface area contributed by atoms with Crippen molar-refractivity contribution in [2.75, 3.05) is 26.0 Å². The molecule has 1 aliphatic heterocycles. The van der Waals surface area contributed by atoms with Gasteiger partial charge in [-0.3, -0.25) is 0 Å². The first-order chi connectivity index (χ1) is 11.1. The van der Waals surface area contributed by atoms with Crippen molar-refractivity contribution in [1.82, 2.24) is 4.31 Å². The number of thioether (sulfide) groups is 1. The summed E-state index contributed by atoms with van der Waals surface area (Å²) < 4.78 is 32.7. The lowest BCUT2D eigenvalue weighted by Crippen LogP contribution is -2.33. The highest BCUT2D eigenvalue weighted by atomic mass is 32.2. The van der Waals surface area contributed by atoms with Crippen LogP contribution in [0, 0.1) is 0 Å². The molecule has 0 spiro atoms. The minimum Gasteiger partial charge on any atom is -0.495 e. The molecule has 1 fully saturated rings. The van der Waals surface area contributed by atoms with Crippen molar-refractivity contribution in [3.05, 3.63) is 46.7 Å². The fraction of sp³-hybridized carbons (Fsp3) is 0.375. The van der Waals surface area contributed by atoms with Gasteiger partial charge < -0.3 is 4.74 Å². The fourth-order valence-corrected chi connectivity index (χ4v) is 6.63. The summed E-state index contributed by atoms with van der Waals surface area (Å²) in [4.78, 5) is 1.58. The first-order valence-electron chi connectivity index (χ1n) is 7.41. The Hall–Kier alpha value is -1.02. The van der Waals surface area contributed by atoms with Gasteiger partial charge in [0.05, 0.1) is 7.11 Å². The summed E-state index contributed by atoms with van der Waals surface area (Å²) in [6.45, 7) is 1.07. The smallest absolute Gasteiger partial charge is 0.246 e. The zero-order valence-electron chi connectivity index (χ0n) is 12.8. The van der Waals surface area contributed by atoms with Crippen molar-refractivity contribution in [3.63, 3.8) is 0 Å². The second-order valence-corrected chi connectivity index (χ2v) is 9.41. The van der Waals surface area contributed by atoms with E-state index in [-0.39, 0.29) is 4.90 Å². The van der Waals surface area contributed by atoms with Crippen LogP contribution in [0.1, 0.15) is 16.5 Å². The number of sulfonamides is 1. The lowest BCUT2D eigenvalue weighted by atomic mass is 10.2. The van der Waals surface area contributed by atoms with Crippen molar-refractivity contribution in [2.24, 2.45) is 0 Å². The van der Waals surface area contributed by atoms with Gasteiger partial charge in [0.15, 0.2) is 0 Å². The van der Waals surface area contributed by atoms with Crippen molar-refractivity contribution >= 4 is 33.1 Å². The number of hydrogen-bond acceptors (Lipinski definition) is 5. The molecule has 0 radical (unpaired) electrons. The number of para-hydroxylation sites is 1. The molecule has 1 aliphatic rings. The molecule has 0 N–H and O–H groups in total. The molecule has 4 nitrogen and oxygen atoms in total. The summed E-state index contributed by atoms with van der Waals surface area (Å²) in [5.41, 5.74) is 0. The molecule has 1 atom stereocenters. The molecule has 1 unspecified atom stereocenters. The van der Waals surface area contributed by atoms with Crippen LogP contribution in [0.25, 0.3) is 0 Å². The summed E-state index contributed by atoms with van der Waals surface area (Å²) in [6, 6.07) is 11.0. The molecule has 0 saturated carbocycles. The maximum Gasteiger partial charge on any atom is 0.246 e. The van der Waals surface area contributed by atoms with Gasteiger partial charge in [-0.2, -0.15) is 16.1 Å². The van der Waals surface area contributed by atoms with Gasteiger partial charge in [0.25, 0.3) is 0 Å². The maximum atomic E-state index is 13.0. The Kier molecular flexibility index (Phi) is 5.31. The molecule has 2 heterocycles. The van der Waals surface area contributed by atoms with E-state index in [1.54, 1.807) is 39.9 Å². The number of thiophene rings is 1. The zero-order valence-corrected chi connectivity index (χ0v) is 15.3. The predicted octanol–water partition coefficient (Wildman–Crippen LogP) is 3.63. The third-order valence-electron chi connectivity index (χ3n) is 3.85. The van der Waals surface area contributed by atoms with Gasteiger partial charge in [0, 0.05) is 29.0 Å². The number of ether oxygens (including phenoxy) is 1. The van der Waals surface area contributed by atoms with Gasteiger partial charge in [-0.1, -0.05) is 18.2 Å². The van der Waals surface area contributed by atoms with E-state index in [1.807, 2.05) is 11.8 Å². The van der Waals surface area contributed by atoms with Crippen LogP contribution < -0.4 is 4.74 Å². The van der Waals surface area contributed by atoms with Gasteiger partial charge in [0.1, 0.15) is 10.6 Å². The number of hydrogen-bond donors (Lipinski definition) is 0. The van der Waals surface area contributed by atoms with E-state index >= 15 is 0 Å². The second kappa shape index (κ2) is 7.25. The lowest BCUT2D eigenvalue weighted by molar-refractivity contribution is 0.393. The van der Waals surface area contributed by atoms with Crippen LogP contribution in [0.4, 0.5) is 0 Å². The van der Waals surface area contributed by atoms with Crippen molar-refractivity contribution in [2.45, 2.75) is 16.6 Å². The molecule has 0 aliphatic carbocycles.